The van der Waals surface area contributed by atoms with Gasteiger partial charge in [-0.15, -0.1) is 0 Å². The van der Waals surface area contributed by atoms with Crippen molar-refractivity contribution >= 4 is 11.4 Å². The summed E-state index contributed by atoms with van der Waals surface area (Å²) in [6.07, 6.45) is 3.18. The van der Waals surface area contributed by atoms with E-state index in [0.29, 0.717) is 11.4 Å². The minimum Gasteiger partial charge on any atom is -0.432 e. The molecule has 0 amide bonds. The van der Waals surface area contributed by atoms with Crippen LogP contribution in [0.3, 0.4) is 0 Å². The lowest BCUT2D eigenvalue weighted by atomic mass is 10.2. The average molecular weight is 288 g/mol. The zero-order valence-electron chi connectivity index (χ0n) is 12.7. The lowest BCUT2D eigenvalue weighted by molar-refractivity contribution is 0.439. The van der Waals surface area contributed by atoms with Crippen molar-refractivity contribution < 1.29 is 4.74 Å². The van der Waals surface area contributed by atoms with Crippen molar-refractivity contribution in [2.24, 2.45) is 0 Å². The van der Waals surface area contributed by atoms with Crippen molar-refractivity contribution in [3.05, 3.63) is 40.9 Å². The van der Waals surface area contributed by atoms with Gasteiger partial charge in [-0.3, -0.25) is 4.79 Å². The molecule has 1 aromatic carbocycles. The van der Waals surface area contributed by atoms with Crippen LogP contribution in [0.15, 0.2) is 35.4 Å². The number of benzene rings is 1. The van der Waals surface area contributed by atoms with Crippen LogP contribution < -0.4 is 20.9 Å². The Morgan fingerprint density at radius 1 is 1.33 bits per heavy atom. The molecule has 2 N–H and O–H groups in total. The van der Waals surface area contributed by atoms with Crippen LogP contribution in [0.4, 0.5) is 11.4 Å². The second kappa shape index (κ2) is 5.87. The van der Waals surface area contributed by atoms with Gasteiger partial charge in [0.05, 0.1) is 5.69 Å². The Balaban J connectivity index is 2.41. The normalized spacial score (nSPS) is 10.7. The molecule has 0 spiro atoms. The number of nitrogens with zero attached hydrogens (tertiary/aromatic N) is 3. The Bertz CT molecular complexity index is 692. The van der Waals surface area contributed by atoms with E-state index in [2.05, 4.69) is 4.98 Å². The van der Waals surface area contributed by atoms with Gasteiger partial charge in [0.2, 0.25) is 0 Å². The summed E-state index contributed by atoms with van der Waals surface area (Å²) in [4.78, 5) is 18.2. The van der Waals surface area contributed by atoms with Gasteiger partial charge in [-0.05, 0) is 26.0 Å². The highest BCUT2D eigenvalue weighted by Crippen LogP contribution is 2.29. The molecule has 0 saturated heterocycles. The lowest BCUT2D eigenvalue weighted by Gasteiger charge is -2.16. The summed E-state index contributed by atoms with van der Waals surface area (Å²) < 4.78 is 7.19. The van der Waals surface area contributed by atoms with Crippen LogP contribution in [0, 0.1) is 0 Å². The van der Waals surface area contributed by atoms with Gasteiger partial charge in [-0.1, -0.05) is 0 Å². The van der Waals surface area contributed by atoms with E-state index in [1.807, 2.05) is 38.9 Å². The summed E-state index contributed by atoms with van der Waals surface area (Å²) in [5, 5.41) is 0. The van der Waals surface area contributed by atoms with Crippen LogP contribution in [-0.2, 0) is 0 Å². The summed E-state index contributed by atoms with van der Waals surface area (Å²) in [5.74, 6) is 0.445. The summed E-state index contributed by atoms with van der Waals surface area (Å²) in [6.45, 7) is 3.85. The van der Waals surface area contributed by atoms with Gasteiger partial charge in [-0.25, -0.2) is 4.98 Å². The molecule has 2 aromatic rings. The number of hydrogen-bond donors (Lipinski definition) is 1. The monoisotopic (exact) mass is 288 g/mol. The van der Waals surface area contributed by atoms with Crippen LogP contribution >= 0.6 is 0 Å². The summed E-state index contributed by atoms with van der Waals surface area (Å²) in [7, 11) is 3.84. The first-order chi connectivity index (χ1) is 9.90. The highest BCUT2D eigenvalue weighted by Gasteiger charge is 2.12. The van der Waals surface area contributed by atoms with Crippen molar-refractivity contribution in [1.29, 1.82) is 0 Å². The summed E-state index contributed by atoms with van der Waals surface area (Å²) >= 11 is 0. The smallest absolute Gasteiger partial charge is 0.313 e. The quantitative estimate of drug-likeness (QED) is 0.874. The fraction of sp³-hybridized carbons (Fsp3) is 0.333. The van der Waals surface area contributed by atoms with Crippen LogP contribution in [0.2, 0.25) is 0 Å². The Labute approximate surface area is 123 Å². The van der Waals surface area contributed by atoms with Crippen LogP contribution in [-0.4, -0.2) is 23.6 Å². The van der Waals surface area contributed by atoms with Crippen molar-refractivity contribution in [3.63, 3.8) is 0 Å². The minimum atomic E-state index is -0.276. The third kappa shape index (κ3) is 3.16. The van der Waals surface area contributed by atoms with Gasteiger partial charge in [0.25, 0.3) is 5.88 Å². The number of rotatable bonds is 4. The number of nitrogens with two attached hydrogens (primary N) is 1. The van der Waals surface area contributed by atoms with Crippen LogP contribution in [0.5, 0.6) is 11.6 Å². The summed E-state index contributed by atoms with van der Waals surface area (Å²) in [6, 6.07) is 5.44. The Kier molecular flexibility index (Phi) is 4.16. The second-order valence-corrected chi connectivity index (χ2v) is 5.26. The van der Waals surface area contributed by atoms with E-state index in [0.717, 1.165) is 5.69 Å². The molecule has 112 valence electrons. The topological polar surface area (TPSA) is 73.4 Å². The van der Waals surface area contributed by atoms with E-state index >= 15 is 0 Å². The molecule has 0 radical (unpaired) electrons. The van der Waals surface area contributed by atoms with E-state index in [4.69, 9.17) is 10.5 Å². The highest BCUT2D eigenvalue weighted by molar-refractivity contribution is 5.62. The molecule has 6 nitrogen and oxygen atoms in total. The van der Waals surface area contributed by atoms with E-state index in [9.17, 15) is 4.79 Å². The molecule has 0 saturated carbocycles. The Morgan fingerprint density at radius 3 is 2.67 bits per heavy atom. The second-order valence-electron chi connectivity index (χ2n) is 5.26. The number of aromatic nitrogens is 2. The first-order valence-corrected chi connectivity index (χ1v) is 6.72. The zero-order chi connectivity index (χ0) is 15.6. The molecule has 0 aliphatic rings. The van der Waals surface area contributed by atoms with Gasteiger partial charge < -0.3 is 19.9 Å². The van der Waals surface area contributed by atoms with Crippen LogP contribution in [0.25, 0.3) is 0 Å². The number of nitrogen functional groups attached to an aromatic ring is 1. The average Bonchev–Trinajstić information content (AvgIpc) is 2.42. The largest absolute Gasteiger partial charge is 0.432 e. The first-order valence-electron chi connectivity index (χ1n) is 6.72. The van der Waals surface area contributed by atoms with Gasteiger partial charge in [0.15, 0.2) is 5.75 Å². The maximum absolute atomic E-state index is 12.3. The minimum absolute atomic E-state index is 0.0220. The van der Waals surface area contributed by atoms with Gasteiger partial charge >= 0.3 is 5.56 Å². The van der Waals surface area contributed by atoms with Crippen molar-refractivity contribution in [2.75, 3.05) is 24.7 Å². The Morgan fingerprint density at radius 2 is 2.05 bits per heavy atom. The van der Waals surface area contributed by atoms with Crippen molar-refractivity contribution in [3.8, 4) is 11.6 Å². The Hall–Kier alpha value is -2.50. The number of anilines is 2. The molecule has 0 fully saturated rings. The molecule has 21 heavy (non-hydrogen) atoms. The molecule has 0 unspecified atom stereocenters. The maximum Gasteiger partial charge on any atom is 0.313 e. The van der Waals surface area contributed by atoms with E-state index < -0.39 is 0 Å². The molecule has 0 atom stereocenters. The highest BCUT2D eigenvalue weighted by atomic mass is 16.5. The van der Waals surface area contributed by atoms with Gasteiger partial charge in [-0.2, -0.15) is 0 Å². The molecular formula is C15H20N4O2. The number of hydrogen-bond acceptors (Lipinski definition) is 5. The molecule has 1 aromatic heterocycles. The zero-order valence-corrected chi connectivity index (χ0v) is 12.7. The third-order valence-electron chi connectivity index (χ3n) is 3.11. The van der Waals surface area contributed by atoms with Gasteiger partial charge in [0.1, 0.15) is 0 Å². The molecule has 2 rings (SSSR count). The third-order valence-corrected chi connectivity index (χ3v) is 3.11. The van der Waals surface area contributed by atoms with E-state index in [1.54, 1.807) is 29.1 Å². The molecular weight excluding hydrogens is 268 g/mol. The van der Waals surface area contributed by atoms with E-state index in [1.165, 1.54) is 0 Å². The predicted molar refractivity (Wildman–Crippen MR) is 84.1 cm³/mol. The standard InChI is InChI=1S/C15H20N4O2/c1-10(2)19-8-7-17-14(15(19)20)21-13-9-11(18(3)4)5-6-12(13)16/h5-10H,16H2,1-4H3. The van der Waals surface area contributed by atoms with Crippen molar-refractivity contribution in [2.45, 2.75) is 19.9 Å². The molecule has 1 heterocycles. The number of ether oxygens (including phenoxy) is 1. The fourth-order valence-corrected chi connectivity index (χ4v) is 1.88. The SMILES string of the molecule is CC(C)n1ccnc(Oc2cc(N(C)C)ccc2N)c1=O. The molecule has 0 aliphatic heterocycles. The predicted octanol–water partition coefficient (Wildman–Crippen LogP) is 2.26. The molecule has 6 heteroatoms. The molecule has 0 aliphatic carbocycles. The molecule has 0 bridgehead atoms. The maximum atomic E-state index is 12.3. The first kappa shape index (κ1) is 14.9. The summed E-state index contributed by atoms with van der Waals surface area (Å²) in [5.41, 5.74) is 7.02. The van der Waals surface area contributed by atoms with Crippen LogP contribution in [0.1, 0.15) is 19.9 Å². The fourth-order valence-electron chi connectivity index (χ4n) is 1.88. The lowest BCUT2D eigenvalue weighted by Crippen LogP contribution is -2.23. The van der Waals surface area contributed by atoms with Crippen molar-refractivity contribution in [1.82, 2.24) is 9.55 Å². The van der Waals surface area contributed by atoms with E-state index in [-0.39, 0.29) is 17.5 Å². The van der Waals surface area contributed by atoms with Gasteiger partial charge in [0, 0.05) is 44.3 Å².